The van der Waals surface area contributed by atoms with Crippen molar-refractivity contribution in [3.05, 3.63) is 27.9 Å². The van der Waals surface area contributed by atoms with Crippen molar-refractivity contribution in [3.8, 4) is 11.8 Å². The van der Waals surface area contributed by atoms with E-state index < -0.39 is 68.1 Å². The fourth-order valence-corrected chi connectivity index (χ4v) is 7.52. The van der Waals surface area contributed by atoms with Gasteiger partial charge in [-0.2, -0.15) is 14.1 Å². The van der Waals surface area contributed by atoms with Crippen LogP contribution in [-0.2, 0) is 20.0 Å². The molecule has 1 aromatic carbocycles. The lowest BCUT2D eigenvalue weighted by atomic mass is 10.3. The van der Waals surface area contributed by atoms with Crippen molar-refractivity contribution in [2.24, 2.45) is 5.92 Å². The van der Waals surface area contributed by atoms with E-state index in [1.807, 2.05) is 0 Å². The highest BCUT2D eigenvalue weighted by molar-refractivity contribution is 8.45. The third-order valence-electron chi connectivity index (χ3n) is 4.65. The third-order valence-corrected chi connectivity index (χ3v) is 9.55. The average molecular weight is 604 g/mol. The number of nitriles is 1. The second-order valence-corrected chi connectivity index (χ2v) is 14.9. The quantitative estimate of drug-likeness (QED) is 0.408. The second kappa shape index (κ2) is 7.75. The molecule has 0 saturated heterocycles. The van der Waals surface area contributed by atoms with Crippen LogP contribution in [-0.4, -0.2) is 45.7 Å². The lowest BCUT2D eigenvalue weighted by molar-refractivity contribution is 0.364. The van der Waals surface area contributed by atoms with Crippen molar-refractivity contribution in [2.75, 3.05) is 28.1 Å². The molecule has 0 spiro atoms. The van der Waals surface area contributed by atoms with Gasteiger partial charge in [0.2, 0.25) is 20.0 Å². The van der Waals surface area contributed by atoms with Crippen LogP contribution < -0.4 is 9.03 Å². The van der Waals surface area contributed by atoms with Crippen LogP contribution in [0.3, 0.4) is 0 Å². The van der Waals surface area contributed by atoms with Crippen LogP contribution in [0.15, 0.2) is 17.0 Å². The molecule has 35 heavy (non-hydrogen) atoms. The molecule has 0 aliphatic heterocycles. The van der Waals surface area contributed by atoms with Crippen molar-refractivity contribution < 1.29 is 36.3 Å². The molecule has 3 rings (SSSR count). The lowest BCUT2D eigenvalue weighted by Gasteiger charge is -2.40. The number of aromatic nitrogens is 2. The molecule has 0 unspecified atom stereocenters. The van der Waals surface area contributed by atoms with Gasteiger partial charge < -0.3 is 5.32 Å². The molecule has 1 fully saturated rings. The Hall–Kier alpha value is -2.00. The molecule has 1 N–H and O–H groups in total. The Balaban J connectivity index is 2.39. The monoisotopic (exact) mass is 603 g/mol. The highest BCUT2D eigenvalue weighted by atomic mass is 35.5. The summed E-state index contributed by atoms with van der Waals surface area (Å²) >= 11 is 11.8. The maximum absolute atomic E-state index is 13.3. The van der Waals surface area contributed by atoms with Gasteiger partial charge in [0.1, 0.15) is 22.3 Å². The molecular weight excluding hydrogens is 588 g/mol. The van der Waals surface area contributed by atoms with Crippen LogP contribution in [0.4, 0.5) is 30.9 Å². The predicted molar refractivity (Wildman–Crippen MR) is 123 cm³/mol. The number of anilines is 2. The topological polar surface area (TPSA) is 125 Å². The first kappa shape index (κ1) is 27.6. The molecule has 0 atom stereocenters. The molecule has 19 heteroatoms. The highest BCUT2D eigenvalue weighted by Crippen LogP contribution is 3.02. The van der Waals surface area contributed by atoms with Gasteiger partial charge in [-0.25, -0.2) is 21.5 Å². The summed E-state index contributed by atoms with van der Waals surface area (Å²) in [5.41, 5.74) is -2.16. The zero-order valence-corrected chi connectivity index (χ0v) is 21.6. The average Bonchev–Trinajstić information content (AvgIpc) is 3.38. The molecule has 1 saturated carbocycles. The summed E-state index contributed by atoms with van der Waals surface area (Å²) in [5, 5.41) is 14.1. The number of nitrogens with one attached hydrogen (secondary N) is 1. The number of benzene rings is 1. The van der Waals surface area contributed by atoms with Crippen molar-refractivity contribution in [3.63, 3.8) is 0 Å². The van der Waals surface area contributed by atoms with Gasteiger partial charge >= 0.3 is 10.2 Å². The van der Waals surface area contributed by atoms with E-state index >= 15 is 0 Å². The molecule has 0 amide bonds. The van der Waals surface area contributed by atoms with Gasteiger partial charge in [-0.15, -0.1) is 0 Å². The first-order chi connectivity index (χ1) is 15.5. The summed E-state index contributed by atoms with van der Waals surface area (Å²) in [6.45, 7) is 0.129. The number of hydrogen-bond donors (Lipinski definition) is 1. The zero-order chi connectivity index (χ0) is 26.8. The van der Waals surface area contributed by atoms with E-state index in [2.05, 4.69) is 10.4 Å². The Bertz CT molecular complexity index is 1430. The molecular formula is C16H16Cl2F5N5O4S3. The van der Waals surface area contributed by atoms with Crippen molar-refractivity contribution in [2.45, 2.75) is 17.7 Å². The minimum atomic E-state index is -10.2. The number of nitrogens with zero attached hydrogens (tertiary/aromatic N) is 4. The van der Waals surface area contributed by atoms with E-state index in [1.165, 1.54) is 6.07 Å². The van der Waals surface area contributed by atoms with Crippen LogP contribution in [0, 0.1) is 17.2 Å². The van der Waals surface area contributed by atoms with Gasteiger partial charge in [-0.05, 0) is 30.9 Å². The summed E-state index contributed by atoms with van der Waals surface area (Å²) in [4.78, 5) is -2.39. The number of halogens is 7. The number of rotatable bonds is 8. The minimum Gasteiger partial charge on any atom is -0.368 e. The number of sulfonamides is 2. The lowest BCUT2D eigenvalue weighted by Crippen LogP contribution is -2.36. The van der Waals surface area contributed by atoms with Crippen molar-refractivity contribution in [1.29, 1.82) is 5.26 Å². The fourth-order valence-electron chi connectivity index (χ4n) is 3.09. The van der Waals surface area contributed by atoms with Crippen molar-refractivity contribution in [1.82, 2.24) is 9.78 Å². The predicted octanol–water partition coefficient (Wildman–Crippen LogP) is 5.26. The van der Waals surface area contributed by atoms with Gasteiger partial charge in [0, 0.05) is 6.54 Å². The molecule has 1 aliphatic rings. The molecule has 2 aromatic rings. The van der Waals surface area contributed by atoms with Gasteiger partial charge in [-0.1, -0.05) is 42.6 Å². The maximum Gasteiger partial charge on any atom is 0.310 e. The fraction of sp³-hybridized carbons (Fsp3) is 0.375. The summed E-state index contributed by atoms with van der Waals surface area (Å²) in [7, 11) is -19.4. The molecule has 1 heterocycles. The first-order valence-electron chi connectivity index (χ1n) is 9.25. The van der Waals surface area contributed by atoms with Gasteiger partial charge in [-0.3, -0.25) is 0 Å². The van der Waals surface area contributed by atoms with Crippen LogP contribution in [0.25, 0.3) is 5.69 Å². The van der Waals surface area contributed by atoms with E-state index in [0.717, 1.165) is 12.8 Å². The molecule has 9 nitrogen and oxygen atoms in total. The largest absolute Gasteiger partial charge is 0.368 e. The van der Waals surface area contributed by atoms with Crippen LogP contribution in [0.2, 0.25) is 10.0 Å². The molecule has 0 bridgehead atoms. The first-order valence-corrected chi connectivity index (χ1v) is 15.7. The smallest absolute Gasteiger partial charge is 0.310 e. The Morgan fingerprint density at radius 2 is 1.60 bits per heavy atom. The Morgan fingerprint density at radius 3 is 1.97 bits per heavy atom. The summed E-state index contributed by atoms with van der Waals surface area (Å²) in [6, 6.07) is 1.34. The Morgan fingerprint density at radius 1 is 1.11 bits per heavy atom. The molecule has 1 aliphatic carbocycles. The van der Waals surface area contributed by atoms with Gasteiger partial charge in [0.25, 0.3) is 0 Å². The molecule has 0 radical (unpaired) electrons. The van der Waals surface area contributed by atoms with Crippen LogP contribution in [0.5, 0.6) is 0 Å². The number of hydrogen-bond acceptors (Lipinski definition) is 7. The van der Waals surface area contributed by atoms with E-state index in [-0.39, 0.29) is 28.3 Å². The van der Waals surface area contributed by atoms with Gasteiger partial charge in [0.05, 0.1) is 22.6 Å². The van der Waals surface area contributed by atoms with E-state index in [9.17, 15) is 41.5 Å². The standard InChI is InChI=1S/C16H16Cl2F5N5O4S3/c1-33(29,30)28(34(2,31)32)15-13(7-24)26-27(16(15)25-8-9-3-4-9)14-11(17)5-10(6-12(14)18)35(19,20,21,22)23/h5-6,9,25H,3-4,8H2,1-2H3. The third kappa shape index (κ3) is 5.88. The molecule has 1 aromatic heterocycles. The maximum atomic E-state index is 13.3. The Labute approximate surface area is 207 Å². The van der Waals surface area contributed by atoms with E-state index in [1.54, 1.807) is 0 Å². The van der Waals surface area contributed by atoms with Crippen LogP contribution >= 0.6 is 33.4 Å². The van der Waals surface area contributed by atoms with Crippen LogP contribution in [0.1, 0.15) is 18.5 Å². The zero-order valence-electron chi connectivity index (χ0n) is 17.6. The van der Waals surface area contributed by atoms with Crippen molar-refractivity contribution >= 4 is 65.0 Å². The SMILES string of the molecule is CS(=O)(=O)N(c1c(C#N)nn(-c2c(Cl)cc(S(F)(F)(F)(F)F)cc2Cl)c1NCC1CC1)S(C)(=O)=O. The summed E-state index contributed by atoms with van der Waals surface area (Å²) < 4.78 is 116. The second-order valence-electron chi connectivity index (χ2n) is 7.82. The van der Waals surface area contributed by atoms with Gasteiger partial charge in [0.15, 0.2) is 11.5 Å². The molecule has 196 valence electrons. The normalized spacial score (nSPS) is 16.8. The summed E-state index contributed by atoms with van der Waals surface area (Å²) in [5.74, 6) is -0.378. The highest BCUT2D eigenvalue weighted by Gasteiger charge is 2.65. The van der Waals surface area contributed by atoms with E-state index in [0.29, 0.717) is 17.2 Å². The summed E-state index contributed by atoms with van der Waals surface area (Å²) in [6.07, 6.45) is 2.62. The van der Waals surface area contributed by atoms with E-state index in [4.69, 9.17) is 23.2 Å². The Kier molecular flexibility index (Phi) is 6.11. The minimum absolute atomic E-state index is 0.0812.